The van der Waals surface area contributed by atoms with E-state index in [1.807, 2.05) is 24.3 Å². The fourth-order valence-electron chi connectivity index (χ4n) is 1.30. The standard InChI is InChI=1S/C11H9BrN2O3S/c12-8-4-2-1-3-7(8)5-9-13-11(17-14-9)18-6-10(15)16/h1-4H,5-6H2,(H,15,16). The number of hydrogen-bond acceptors (Lipinski definition) is 5. The summed E-state index contributed by atoms with van der Waals surface area (Å²) in [6.07, 6.45) is 0.540. The predicted molar refractivity (Wildman–Crippen MR) is 69.6 cm³/mol. The van der Waals surface area contributed by atoms with Crippen molar-refractivity contribution in [2.75, 3.05) is 5.75 Å². The van der Waals surface area contributed by atoms with Crippen molar-refractivity contribution < 1.29 is 14.4 Å². The summed E-state index contributed by atoms with van der Waals surface area (Å²) >= 11 is 4.45. The van der Waals surface area contributed by atoms with Crippen LogP contribution >= 0.6 is 27.7 Å². The summed E-state index contributed by atoms with van der Waals surface area (Å²) < 4.78 is 5.93. The zero-order valence-electron chi connectivity index (χ0n) is 9.17. The highest BCUT2D eigenvalue weighted by Gasteiger charge is 2.10. The normalized spacial score (nSPS) is 10.5. The second-order valence-electron chi connectivity index (χ2n) is 3.43. The summed E-state index contributed by atoms with van der Waals surface area (Å²) in [5.41, 5.74) is 1.05. The molecular formula is C11H9BrN2O3S. The molecule has 0 bridgehead atoms. The van der Waals surface area contributed by atoms with Crippen LogP contribution in [0.4, 0.5) is 0 Å². The average Bonchev–Trinajstić information content (AvgIpc) is 2.77. The summed E-state index contributed by atoms with van der Waals surface area (Å²) in [5, 5.41) is 12.6. The van der Waals surface area contributed by atoms with Gasteiger partial charge in [0.25, 0.3) is 5.22 Å². The number of hydrogen-bond donors (Lipinski definition) is 1. The van der Waals surface area contributed by atoms with Crippen LogP contribution < -0.4 is 0 Å². The Balaban J connectivity index is 2.02. The fraction of sp³-hybridized carbons (Fsp3) is 0.182. The van der Waals surface area contributed by atoms with Gasteiger partial charge >= 0.3 is 5.97 Å². The maximum Gasteiger partial charge on any atom is 0.314 e. The van der Waals surface area contributed by atoms with Gasteiger partial charge in [-0.1, -0.05) is 51.0 Å². The number of carbonyl (C=O) groups is 1. The quantitative estimate of drug-likeness (QED) is 0.850. The lowest BCUT2D eigenvalue weighted by Gasteiger charge is -1.99. The highest BCUT2D eigenvalue weighted by molar-refractivity contribution is 9.10. The number of halogens is 1. The summed E-state index contributed by atoms with van der Waals surface area (Å²) in [6.45, 7) is 0. The molecule has 0 saturated heterocycles. The van der Waals surface area contributed by atoms with Crippen LogP contribution in [-0.4, -0.2) is 27.0 Å². The van der Waals surface area contributed by atoms with Crippen molar-refractivity contribution in [2.24, 2.45) is 0 Å². The van der Waals surface area contributed by atoms with E-state index in [0.717, 1.165) is 21.8 Å². The van der Waals surface area contributed by atoms with Crippen LogP contribution in [0.25, 0.3) is 0 Å². The Kier molecular flexibility index (Phi) is 4.38. The molecule has 1 heterocycles. The monoisotopic (exact) mass is 328 g/mol. The molecule has 0 radical (unpaired) electrons. The van der Waals surface area contributed by atoms with Crippen molar-refractivity contribution in [3.63, 3.8) is 0 Å². The topological polar surface area (TPSA) is 76.2 Å². The van der Waals surface area contributed by atoms with E-state index in [9.17, 15) is 4.79 Å². The third-order valence-electron chi connectivity index (χ3n) is 2.07. The van der Waals surface area contributed by atoms with E-state index < -0.39 is 5.97 Å². The molecule has 0 saturated carbocycles. The third-order valence-corrected chi connectivity index (χ3v) is 3.65. The highest BCUT2D eigenvalue weighted by atomic mass is 79.9. The number of carboxylic acids is 1. The maximum atomic E-state index is 10.4. The van der Waals surface area contributed by atoms with Gasteiger partial charge < -0.3 is 9.63 Å². The molecule has 0 aliphatic carbocycles. The van der Waals surface area contributed by atoms with E-state index in [0.29, 0.717) is 12.2 Å². The molecule has 5 nitrogen and oxygen atoms in total. The molecule has 0 atom stereocenters. The minimum Gasteiger partial charge on any atom is -0.481 e. The van der Waals surface area contributed by atoms with Crippen molar-refractivity contribution in [3.05, 3.63) is 40.1 Å². The molecule has 1 aromatic carbocycles. The molecule has 0 spiro atoms. The lowest BCUT2D eigenvalue weighted by Crippen LogP contribution is -1.97. The molecule has 1 N–H and O–H groups in total. The van der Waals surface area contributed by atoms with Gasteiger partial charge in [0, 0.05) is 10.9 Å². The zero-order valence-corrected chi connectivity index (χ0v) is 11.6. The highest BCUT2D eigenvalue weighted by Crippen LogP contribution is 2.20. The molecule has 7 heteroatoms. The molecule has 0 amide bonds. The van der Waals surface area contributed by atoms with Gasteiger partial charge in [0.2, 0.25) is 0 Å². The summed E-state index contributed by atoms with van der Waals surface area (Å²) in [4.78, 5) is 14.5. The first-order valence-corrected chi connectivity index (χ1v) is 6.83. The van der Waals surface area contributed by atoms with Crippen LogP contribution in [0.1, 0.15) is 11.4 Å². The SMILES string of the molecule is O=C(O)CSc1nc(Cc2ccccc2Br)no1. The second kappa shape index (κ2) is 6.01. The van der Waals surface area contributed by atoms with Gasteiger partial charge in [-0.2, -0.15) is 4.98 Å². The first-order valence-electron chi connectivity index (χ1n) is 5.06. The number of thioether (sulfide) groups is 1. The Hall–Kier alpha value is -1.34. The molecule has 2 aromatic rings. The van der Waals surface area contributed by atoms with Crippen LogP contribution in [0.3, 0.4) is 0 Å². The van der Waals surface area contributed by atoms with Crippen molar-refractivity contribution in [2.45, 2.75) is 11.6 Å². The Labute approximate surface area is 116 Å². The lowest BCUT2D eigenvalue weighted by atomic mass is 10.1. The Bertz CT molecular complexity index is 559. The zero-order chi connectivity index (χ0) is 13.0. The first kappa shape index (κ1) is 13.1. The van der Waals surface area contributed by atoms with Crippen molar-refractivity contribution in [1.29, 1.82) is 0 Å². The summed E-state index contributed by atoms with van der Waals surface area (Å²) in [5.74, 6) is -0.461. The van der Waals surface area contributed by atoms with E-state index in [4.69, 9.17) is 9.63 Å². The molecule has 94 valence electrons. The van der Waals surface area contributed by atoms with Gasteiger partial charge in [-0.3, -0.25) is 4.79 Å². The smallest absolute Gasteiger partial charge is 0.314 e. The summed E-state index contributed by atoms with van der Waals surface area (Å²) in [7, 11) is 0. The third kappa shape index (κ3) is 3.58. The first-order chi connectivity index (χ1) is 8.65. The van der Waals surface area contributed by atoms with Gasteiger partial charge in [0.05, 0.1) is 0 Å². The lowest BCUT2D eigenvalue weighted by molar-refractivity contribution is -0.133. The van der Waals surface area contributed by atoms with Crippen molar-refractivity contribution in [1.82, 2.24) is 10.1 Å². The number of rotatable bonds is 5. The van der Waals surface area contributed by atoms with Gasteiger partial charge in [0.15, 0.2) is 5.82 Å². The fourth-order valence-corrected chi connectivity index (χ4v) is 2.24. The van der Waals surface area contributed by atoms with E-state index >= 15 is 0 Å². The predicted octanol–water partition coefficient (Wildman–Crippen LogP) is 2.60. The second-order valence-corrected chi connectivity index (χ2v) is 5.21. The van der Waals surface area contributed by atoms with Gasteiger partial charge in [0.1, 0.15) is 5.75 Å². The van der Waals surface area contributed by atoms with E-state index in [2.05, 4.69) is 26.1 Å². The Morgan fingerprint density at radius 1 is 1.44 bits per heavy atom. The van der Waals surface area contributed by atoms with E-state index in [-0.39, 0.29) is 11.0 Å². The van der Waals surface area contributed by atoms with Crippen LogP contribution in [0, 0.1) is 0 Å². The van der Waals surface area contributed by atoms with Crippen molar-refractivity contribution >= 4 is 33.7 Å². The molecule has 2 rings (SSSR count). The van der Waals surface area contributed by atoms with Gasteiger partial charge in [-0.05, 0) is 11.6 Å². The number of aliphatic carboxylic acids is 1. The van der Waals surface area contributed by atoms with Crippen LogP contribution in [0.5, 0.6) is 0 Å². The van der Waals surface area contributed by atoms with Crippen LogP contribution in [0.15, 0.2) is 38.5 Å². The number of nitrogens with zero attached hydrogens (tertiary/aromatic N) is 2. The Morgan fingerprint density at radius 3 is 2.94 bits per heavy atom. The molecular weight excluding hydrogens is 320 g/mol. The molecule has 1 aromatic heterocycles. The van der Waals surface area contributed by atoms with Gasteiger partial charge in [-0.25, -0.2) is 0 Å². The van der Waals surface area contributed by atoms with E-state index in [1.165, 1.54) is 0 Å². The Morgan fingerprint density at radius 2 is 2.22 bits per heavy atom. The number of benzene rings is 1. The largest absolute Gasteiger partial charge is 0.481 e. The van der Waals surface area contributed by atoms with Crippen LogP contribution in [0.2, 0.25) is 0 Å². The number of carboxylic acid groups (broad SMARTS) is 1. The molecule has 18 heavy (non-hydrogen) atoms. The average molecular weight is 329 g/mol. The number of aromatic nitrogens is 2. The minimum atomic E-state index is -0.912. The van der Waals surface area contributed by atoms with Crippen molar-refractivity contribution in [3.8, 4) is 0 Å². The molecule has 0 aliphatic rings. The van der Waals surface area contributed by atoms with Gasteiger partial charge in [-0.15, -0.1) is 0 Å². The van der Waals surface area contributed by atoms with Crippen LogP contribution in [-0.2, 0) is 11.2 Å². The molecule has 0 unspecified atom stereocenters. The van der Waals surface area contributed by atoms with E-state index in [1.54, 1.807) is 0 Å². The molecule has 0 aliphatic heterocycles. The minimum absolute atomic E-state index is 0.0866. The maximum absolute atomic E-state index is 10.4. The molecule has 0 fully saturated rings. The summed E-state index contributed by atoms with van der Waals surface area (Å²) in [6, 6.07) is 7.76.